The van der Waals surface area contributed by atoms with Crippen molar-refractivity contribution < 1.29 is 9.47 Å². The summed E-state index contributed by atoms with van der Waals surface area (Å²) in [6.07, 6.45) is 5.64. The van der Waals surface area contributed by atoms with Crippen LogP contribution in [0.1, 0.15) is 17.5 Å². The van der Waals surface area contributed by atoms with Crippen molar-refractivity contribution >= 4 is 17.3 Å². The highest BCUT2D eigenvalue weighted by atomic mass is 32.1. The first-order valence-electron chi connectivity index (χ1n) is 10.0. The Labute approximate surface area is 178 Å². The number of methoxy groups -OCH3 is 2. The minimum absolute atomic E-state index is 0.763. The van der Waals surface area contributed by atoms with Crippen LogP contribution in [0, 0.1) is 0 Å². The molecule has 0 bridgehead atoms. The second-order valence-electron chi connectivity index (χ2n) is 7.13. The minimum Gasteiger partial charge on any atom is -0.497 e. The number of ether oxygens (including phenoxy) is 2. The average Bonchev–Trinajstić information content (AvgIpc) is 3.00. The van der Waals surface area contributed by atoms with E-state index in [0.29, 0.717) is 0 Å². The Morgan fingerprint density at radius 3 is 2.66 bits per heavy atom. The fraction of sp³-hybridized carbons (Fsp3) is 0.455. The zero-order chi connectivity index (χ0) is 20.5. The molecule has 29 heavy (non-hydrogen) atoms. The third-order valence-corrected chi connectivity index (χ3v) is 5.59. The van der Waals surface area contributed by atoms with E-state index in [2.05, 4.69) is 32.2 Å². The summed E-state index contributed by atoms with van der Waals surface area (Å²) in [5.41, 5.74) is 2.42. The van der Waals surface area contributed by atoms with Gasteiger partial charge in [0.2, 0.25) is 0 Å². The summed E-state index contributed by atoms with van der Waals surface area (Å²) in [7, 11) is 3.37. The number of hydrogen-bond donors (Lipinski definition) is 1. The average molecular weight is 415 g/mol. The number of aromatic nitrogens is 1. The van der Waals surface area contributed by atoms with Gasteiger partial charge in [-0.05, 0) is 66.5 Å². The van der Waals surface area contributed by atoms with E-state index in [1.54, 1.807) is 14.2 Å². The van der Waals surface area contributed by atoms with E-state index in [4.69, 9.17) is 21.7 Å². The first kappa shape index (κ1) is 21.3. The summed E-state index contributed by atoms with van der Waals surface area (Å²) in [4.78, 5) is 8.86. The van der Waals surface area contributed by atoms with Gasteiger partial charge in [-0.3, -0.25) is 9.88 Å². The molecule has 1 aromatic carbocycles. The molecule has 0 aliphatic carbocycles. The molecule has 0 amide bonds. The summed E-state index contributed by atoms with van der Waals surface area (Å²) in [5.74, 6) is 1.71. The Morgan fingerprint density at radius 1 is 1.07 bits per heavy atom. The molecular weight excluding hydrogens is 384 g/mol. The van der Waals surface area contributed by atoms with Crippen molar-refractivity contribution in [2.45, 2.75) is 19.4 Å². The normalized spacial score (nSPS) is 14.9. The van der Waals surface area contributed by atoms with Crippen molar-refractivity contribution in [1.82, 2.24) is 20.1 Å². The lowest BCUT2D eigenvalue weighted by atomic mass is 10.1. The van der Waals surface area contributed by atoms with Gasteiger partial charge in [0, 0.05) is 51.7 Å². The molecule has 1 aliphatic rings. The SMILES string of the molecule is COc1ccc(OC)c(CCNC(=S)N2CCCN(Cc3ccncc3)CC2)c1. The summed E-state index contributed by atoms with van der Waals surface area (Å²) in [6.45, 7) is 5.75. The zero-order valence-electron chi connectivity index (χ0n) is 17.3. The second-order valence-corrected chi connectivity index (χ2v) is 7.52. The lowest BCUT2D eigenvalue weighted by molar-refractivity contribution is 0.277. The maximum Gasteiger partial charge on any atom is 0.168 e. The quantitative estimate of drug-likeness (QED) is 0.699. The summed E-state index contributed by atoms with van der Waals surface area (Å²) >= 11 is 5.66. The van der Waals surface area contributed by atoms with Crippen LogP contribution < -0.4 is 14.8 Å². The van der Waals surface area contributed by atoms with Gasteiger partial charge in [0.1, 0.15) is 11.5 Å². The molecule has 1 aliphatic heterocycles. The van der Waals surface area contributed by atoms with Gasteiger partial charge in [-0.2, -0.15) is 0 Å². The molecule has 1 N–H and O–H groups in total. The largest absolute Gasteiger partial charge is 0.497 e. The van der Waals surface area contributed by atoms with Crippen molar-refractivity contribution in [3.8, 4) is 11.5 Å². The molecule has 156 valence electrons. The third-order valence-electron chi connectivity index (χ3n) is 5.19. The Bertz CT molecular complexity index is 788. The van der Waals surface area contributed by atoms with E-state index in [1.165, 1.54) is 5.56 Å². The second kappa shape index (κ2) is 11.0. The van der Waals surface area contributed by atoms with Crippen LogP contribution in [0.5, 0.6) is 11.5 Å². The molecule has 3 rings (SSSR count). The zero-order valence-corrected chi connectivity index (χ0v) is 18.1. The number of thiocarbonyl (C=S) groups is 1. The van der Waals surface area contributed by atoms with E-state index < -0.39 is 0 Å². The third kappa shape index (κ3) is 6.30. The highest BCUT2D eigenvalue weighted by molar-refractivity contribution is 7.80. The van der Waals surface area contributed by atoms with Crippen molar-refractivity contribution in [1.29, 1.82) is 0 Å². The van der Waals surface area contributed by atoms with Crippen LogP contribution in [0.15, 0.2) is 42.7 Å². The summed E-state index contributed by atoms with van der Waals surface area (Å²) in [6, 6.07) is 10.0. The van der Waals surface area contributed by atoms with Gasteiger partial charge < -0.3 is 19.7 Å². The number of pyridine rings is 1. The van der Waals surface area contributed by atoms with Gasteiger partial charge >= 0.3 is 0 Å². The minimum atomic E-state index is 0.763. The Balaban J connectivity index is 1.46. The van der Waals surface area contributed by atoms with Crippen LogP contribution in [0.4, 0.5) is 0 Å². The van der Waals surface area contributed by atoms with Crippen LogP contribution in [0.2, 0.25) is 0 Å². The first-order chi connectivity index (χ1) is 14.2. The molecule has 0 saturated carbocycles. The van der Waals surface area contributed by atoms with Crippen LogP contribution in [0.25, 0.3) is 0 Å². The molecule has 7 heteroatoms. The monoisotopic (exact) mass is 414 g/mol. The number of benzene rings is 1. The number of rotatable bonds is 7. The van der Waals surface area contributed by atoms with Crippen molar-refractivity contribution in [3.05, 3.63) is 53.9 Å². The highest BCUT2D eigenvalue weighted by Crippen LogP contribution is 2.24. The topological polar surface area (TPSA) is 49.9 Å². The fourth-order valence-electron chi connectivity index (χ4n) is 3.57. The first-order valence-corrected chi connectivity index (χ1v) is 10.5. The van der Waals surface area contributed by atoms with E-state index in [0.717, 1.165) is 74.3 Å². The van der Waals surface area contributed by atoms with Crippen molar-refractivity contribution in [3.63, 3.8) is 0 Å². The predicted octanol–water partition coefficient (Wildman–Crippen LogP) is 2.72. The number of nitrogens with one attached hydrogen (secondary N) is 1. The van der Waals surface area contributed by atoms with Gasteiger partial charge in [-0.25, -0.2) is 0 Å². The van der Waals surface area contributed by atoms with Crippen molar-refractivity contribution in [2.75, 3.05) is 46.9 Å². The van der Waals surface area contributed by atoms with Crippen molar-refractivity contribution in [2.24, 2.45) is 0 Å². The van der Waals surface area contributed by atoms with E-state index in [-0.39, 0.29) is 0 Å². The summed E-state index contributed by atoms with van der Waals surface area (Å²) < 4.78 is 10.8. The molecule has 2 heterocycles. The van der Waals surface area contributed by atoms with E-state index in [1.807, 2.05) is 30.6 Å². The van der Waals surface area contributed by atoms with E-state index >= 15 is 0 Å². The van der Waals surface area contributed by atoms with Crippen LogP contribution in [-0.2, 0) is 13.0 Å². The molecule has 0 radical (unpaired) electrons. The number of nitrogens with zero attached hydrogens (tertiary/aromatic N) is 3. The standard InChI is InChI=1S/C22H30N4O2S/c1-27-20-4-5-21(28-2)19(16-20)8-11-24-22(29)26-13-3-12-25(14-15-26)17-18-6-9-23-10-7-18/h4-7,9-10,16H,3,8,11-15,17H2,1-2H3,(H,24,29). The molecule has 0 atom stereocenters. The van der Waals surface area contributed by atoms with Gasteiger partial charge in [-0.15, -0.1) is 0 Å². The van der Waals surface area contributed by atoms with E-state index in [9.17, 15) is 0 Å². The lowest BCUT2D eigenvalue weighted by Crippen LogP contribution is -2.42. The van der Waals surface area contributed by atoms with Gasteiger partial charge in [0.25, 0.3) is 0 Å². The Kier molecular flexibility index (Phi) is 8.07. The summed E-state index contributed by atoms with van der Waals surface area (Å²) in [5, 5.41) is 4.25. The van der Waals surface area contributed by atoms with Crippen LogP contribution in [-0.4, -0.2) is 66.8 Å². The Morgan fingerprint density at radius 2 is 1.90 bits per heavy atom. The molecule has 2 aromatic rings. The fourth-order valence-corrected chi connectivity index (χ4v) is 3.86. The maximum absolute atomic E-state index is 5.66. The molecule has 0 spiro atoms. The van der Waals surface area contributed by atoms with Gasteiger partial charge in [-0.1, -0.05) is 0 Å². The smallest absolute Gasteiger partial charge is 0.168 e. The lowest BCUT2D eigenvalue weighted by Gasteiger charge is -2.25. The molecule has 0 unspecified atom stereocenters. The molecule has 1 fully saturated rings. The molecular formula is C22H30N4O2S. The molecule has 1 aromatic heterocycles. The van der Waals surface area contributed by atoms with Gasteiger partial charge in [0.05, 0.1) is 14.2 Å². The molecule has 1 saturated heterocycles. The maximum atomic E-state index is 5.66. The highest BCUT2D eigenvalue weighted by Gasteiger charge is 2.17. The Hall–Kier alpha value is -2.38. The predicted molar refractivity (Wildman–Crippen MR) is 120 cm³/mol. The van der Waals surface area contributed by atoms with Gasteiger partial charge in [0.15, 0.2) is 5.11 Å². The van der Waals surface area contributed by atoms with Crippen LogP contribution in [0.3, 0.4) is 0 Å². The molecule has 6 nitrogen and oxygen atoms in total. The number of hydrogen-bond acceptors (Lipinski definition) is 5. The van der Waals surface area contributed by atoms with Crippen LogP contribution >= 0.6 is 12.2 Å².